The van der Waals surface area contributed by atoms with Gasteiger partial charge in [-0.15, -0.1) is 0 Å². The lowest BCUT2D eigenvalue weighted by Crippen LogP contribution is -2.41. The van der Waals surface area contributed by atoms with Crippen molar-refractivity contribution in [3.8, 4) is 0 Å². The molecule has 0 radical (unpaired) electrons. The van der Waals surface area contributed by atoms with Crippen molar-refractivity contribution >= 4 is 27.6 Å². The van der Waals surface area contributed by atoms with E-state index in [1.54, 1.807) is 12.1 Å². The zero-order valence-electron chi connectivity index (χ0n) is 19.9. The number of anilines is 1. The summed E-state index contributed by atoms with van der Waals surface area (Å²) in [6.45, 7) is 9.56. The molecule has 0 aliphatic carbocycles. The first-order valence-corrected chi connectivity index (χ1v) is 12.6. The van der Waals surface area contributed by atoms with Crippen LogP contribution in [0.15, 0.2) is 35.2 Å². The first-order valence-electron chi connectivity index (χ1n) is 11.1. The maximum absolute atomic E-state index is 13.4. The highest BCUT2D eigenvalue weighted by atomic mass is 32.2. The number of carbonyl (C=O) groups excluding carboxylic acids is 2. The summed E-state index contributed by atoms with van der Waals surface area (Å²) in [5.74, 6) is -1.30. The molecule has 1 saturated heterocycles. The van der Waals surface area contributed by atoms with Crippen molar-refractivity contribution in [3.05, 3.63) is 58.1 Å². The number of benzene rings is 2. The Bertz CT molecular complexity index is 1120. The van der Waals surface area contributed by atoms with Crippen LogP contribution in [0.1, 0.15) is 40.7 Å². The molecule has 0 bridgehead atoms. The maximum atomic E-state index is 13.4. The lowest BCUT2D eigenvalue weighted by atomic mass is 9.98. The molecule has 1 N–H and O–H groups in total. The molecule has 0 aromatic heterocycles. The van der Waals surface area contributed by atoms with Crippen LogP contribution in [0.25, 0.3) is 0 Å². The Morgan fingerprint density at radius 2 is 1.52 bits per heavy atom. The zero-order valence-corrected chi connectivity index (χ0v) is 20.7. The van der Waals surface area contributed by atoms with Crippen molar-refractivity contribution < 1.29 is 22.7 Å². The van der Waals surface area contributed by atoms with Crippen LogP contribution in [0.4, 0.5) is 5.69 Å². The van der Waals surface area contributed by atoms with Gasteiger partial charge in [0, 0.05) is 18.8 Å². The second-order valence-electron chi connectivity index (χ2n) is 8.79. The molecule has 1 aliphatic rings. The van der Waals surface area contributed by atoms with Crippen LogP contribution < -0.4 is 5.32 Å². The summed E-state index contributed by atoms with van der Waals surface area (Å²) in [5.41, 5.74) is 5.13. The average Bonchev–Trinajstić information content (AvgIpc) is 2.78. The molecule has 0 saturated carbocycles. The third-order valence-electron chi connectivity index (χ3n) is 6.36. The monoisotopic (exact) mass is 472 g/mol. The molecular weight excluding hydrogens is 440 g/mol. The Hall–Kier alpha value is -2.71. The summed E-state index contributed by atoms with van der Waals surface area (Å²) in [4.78, 5) is 24.9. The largest absolute Gasteiger partial charge is 0.455 e. The predicted octanol–water partition coefficient (Wildman–Crippen LogP) is 3.81. The third-order valence-corrected chi connectivity index (χ3v) is 8.54. The number of ether oxygens (including phenoxy) is 1. The van der Waals surface area contributed by atoms with Crippen LogP contribution in [0.5, 0.6) is 0 Å². The normalized spacial score (nSPS) is 15.3. The molecule has 0 unspecified atom stereocenters. The van der Waals surface area contributed by atoms with Crippen LogP contribution in [-0.4, -0.2) is 44.3 Å². The summed E-state index contributed by atoms with van der Waals surface area (Å²) < 4.78 is 33.4. The highest BCUT2D eigenvalue weighted by Gasteiger charge is 2.35. The number of nitrogens with one attached hydrogen (secondary N) is 1. The van der Waals surface area contributed by atoms with E-state index in [4.69, 9.17) is 4.74 Å². The van der Waals surface area contributed by atoms with Gasteiger partial charge in [0.1, 0.15) is 0 Å². The van der Waals surface area contributed by atoms with Gasteiger partial charge < -0.3 is 10.1 Å². The number of rotatable bonds is 6. The van der Waals surface area contributed by atoms with Gasteiger partial charge in [-0.3, -0.25) is 9.59 Å². The molecule has 33 heavy (non-hydrogen) atoms. The fourth-order valence-electron chi connectivity index (χ4n) is 4.12. The molecule has 2 aromatic carbocycles. The van der Waals surface area contributed by atoms with Gasteiger partial charge in [0.15, 0.2) is 6.61 Å². The fourth-order valence-corrected chi connectivity index (χ4v) is 6.16. The standard InChI is InChI=1S/C25H32N2O5S/c1-16-6-8-22(9-7-16)26-23(28)15-32-25(29)21-10-12-27(13-11-21)33(30,31)24-19(4)17(2)14-18(3)20(24)5/h6-9,14,21H,10-13,15H2,1-5H3,(H,26,28). The van der Waals surface area contributed by atoms with E-state index in [1.807, 2.05) is 52.8 Å². The average molecular weight is 473 g/mol. The number of piperidine rings is 1. The summed E-state index contributed by atoms with van der Waals surface area (Å²) in [7, 11) is -3.66. The molecule has 0 spiro atoms. The highest BCUT2D eigenvalue weighted by molar-refractivity contribution is 7.89. The van der Waals surface area contributed by atoms with Crippen molar-refractivity contribution in [2.75, 3.05) is 25.0 Å². The zero-order chi connectivity index (χ0) is 24.3. The van der Waals surface area contributed by atoms with Gasteiger partial charge in [-0.25, -0.2) is 8.42 Å². The van der Waals surface area contributed by atoms with Crippen LogP contribution in [0.3, 0.4) is 0 Å². The molecule has 8 heteroatoms. The molecule has 1 aliphatic heterocycles. The van der Waals surface area contributed by atoms with E-state index in [-0.39, 0.29) is 19.7 Å². The Morgan fingerprint density at radius 3 is 2.06 bits per heavy atom. The van der Waals surface area contributed by atoms with Crippen molar-refractivity contribution in [1.29, 1.82) is 0 Å². The molecule has 178 valence electrons. The van der Waals surface area contributed by atoms with Crippen LogP contribution in [0.2, 0.25) is 0 Å². The summed E-state index contributed by atoms with van der Waals surface area (Å²) in [6, 6.07) is 9.32. The fraction of sp³-hybridized carbons (Fsp3) is 0.440. The number of amides is 1. The number of carbonyl (C=O) groups is 2. The summed E-state index contributed by atoms with van der Waals surface area (Å²) >= 11 is 0. The number of hydrogen-bond acceptors (Lipinski definition) is 5. The number of sulfonamides is 1. The number of esters is 1. The van der Waals surface area contributed by atoms with E-state index in [0.29, 0.717) is 23.4 Å². The second kappa shape index (κ2) is 10.1. The Labute approximate surface area is 196 Å². The van der Waals surface area contributed by atoms with Gasteiger partial charge in [0.25, 0.3) is 5.91 Å². The van der Waals surface area contributed by atoms with Crippen molar-refractivity contribution in [3.63, 3.8) is 0 Å². The van der Waals surface area contributed by atoms with Gasteiger partial charge in [-0.2, -0.15) is 4.31 Å². The molecule has 1 fully saturated rings. The van der Waals surface area contributed by atoms with Gasteiger partial charge in [0.2, 0.25) is 10.0 Å². The van der Waals surface area contributed by atoms with E-state index in [2.05, 4.69) is 5.32 Å². The molecule has 1 heterocycles. The van der Waals surface area contributed by atoms with Gasteiger partial charge in [0.05, 0.1) is 10.8 Å². The van der Waals surface area contributed by atoms with Crippen molar-refractivity contribution in [1.82, 2.24) is 4.31 Å². The minimum atomic E-state index is -3.66. The van der Waals surface area contributed by atoms with E-state index < -0.39 is 27.8 Å². The lowest BCUT2D eigenvalue weighted by molar-refractivity contribution is -0.152. The van der Waals surface area contributed by atoms with Crippen LogP contribution >= 0.6 is 0 Å². The van der Waals surface area contributed by atoms with Crippen LogP contribution in [0, 0.1) is 40.5 Å². The van der Waals surface area contributed by atoms with Gasteiger partial charge in [-0.05, 0) is 81.8 Å². The van der Waals surface area contributed by atoms with Crippen molar-refractivity contribution in [2.24, 2.45) is 5.92 Å². The van der Waals surface area contributed by atoms with Gasteiger partial charge >= 0.3 is 5.97 Å². The summed E-state index contributed by atoms with van der Waals surface area (Å²) in [5, 5.41) is 2.69. The first-order chi connectivity index (χ1) is 15.5. The maximum Gasteiger partial charge on any atom is 0.309 e. The van der Waals surface area contributed by atoms with Crippen molar-refractivity contribution in [2.45, 2.75) is 52.4 Å². The molecular formula is C25H32N2O5S. The van der Waals surface area contributed by atoms with E-state index in [1.165, 1.54) is 4.31 Å². The second-order valence-corrected chi connectivity index (χ2v) is 10.7. The molecule has 7 nitrogen and oxygen atoms in total. The van der Waals surface area contributed by atoms with Crippen LogP contribution in [-0.2, 0) is 24.3 Å². The van der Waals surface area contributed by atoms with E-state index in [9.17, 15) is 18.0 Å². The Morgan fingerprint density at radius 1 is 0.970 bits per heavy atom. The molecule has 1 amide bonds. The lowest BCUT2D eigenvalue weighted by Gasteiger charge is -2.31. The molecule has 0 atom stereocenters. The SMILES string of the molecule is Cc1ccc(NC(=O)COC(=O)C2CCN(S(=O)(=O)c3c(C)c(C)cc(C)c3C)CC2)cc1. The minimum absolute atomic E-state index is 0.240. The number of nitrogens with zero attached hydrogens (tertiary/aromatic N) is 1. The molecule has 3 rings (SSSR count). The first kappa shape index (κ1) is 24.9. The third kappa shape index (κ3) is 5.62. The quantitative estimate of drug-likeness (QED) is 0.646. The van der Waals surface area contributed by atoms with E-state index in [0.717, 1.165) is 27.8 Å². The highest BCUT2D eigenvalue weighted by Crippen LogP contribution is 2.31. The number of hydrogen-bond donors (Lipinski definition) is 1. The van der Waals surface area contributed by atoms with Gasteiger partial charge in [-0.1, -0.05) is 23.8 Å². The van der Waals surface area contributed by atoms with E-state index >= 15 is 0 Å². The Balaban J connectivity index is 1.56. The Kier molecular flexibility index (Phi) is 7.59. The summed E-state index contributed by atoms with van der Waals surface area (Å²) in [6.07, 6.45) is 0.723. The minimum Gasteiger partial charge on any atom is -0.455 e. The smallest absolute Gasteiger partial charge is 0.309 e. The topological polar surface area (TPSA) is 92.8 Å². The number of aryl methyl sites for hydroxylation is 3. The molecule has 2 aromatic rings. The predicted molar refractivity (Wildman–Crippen MR) is 128 cm³/mol.